The Morgan fingerprint density at radius 2 is 2.00 bits per heavy atom. The maximum atomic E-state index is 11.7. The second-order valence-electron chi connectivity index (χ2n) is 5.25. The van der Waals surface area contributed by atoms with Gasteiger partial charge in [-0.2, -0.15) is 0 Å². The molecule has 1 aliphatic rings. The predicted octanol–water partition coefficient (Wildman–Crippen LogP) is 0.832. The largest absolute Gasteiger partial charge is 0.467 e. The van der Waals surface area contributed by atoms with E-state index in [9.17, 15) is 9.59 Å². The van der Waals surface area contributed by atoms with E-state index in [1.807, 2.05) is 13.8 Å². The summed E-state index contributed by atoms with van der Waals surface area (Å²) < 4.78 is 4.70. The number of amides is 1. The maximum Gasteiger partial charge on any atom is 0.328 e. The van der Waals surface area contributed by atoms with Crippen LogP contribution in [0.5, 0.6) is 0 Å². The lowest BCUT2D eigenvalue weighted by molar-refractivity contribution is -0.145. The molecule has 0 radical (unpaired) electrons. The Morgan fingerprint density at radius 1 is 1.33 bits per heavy atom. The highest BCUT2D eigenvalue weighted by Crippen LogP contribution is 2.18. The van der Waals surface area contributed by atoms with Gasteiger partial charge >= 0.3 is 5.97 Å². The number of methoxy groups -OCH3 is 1. The minimum Gasteiger partial charge on any atom is -0.467 e. The summed E-state index contributed by atoms with van der Waals surface area (Å²) in [5, 5.41) is 6.01. The monoisotopic (exact) mass is 256 g/mol. The maximum absolute atomic E-state index is 11.7. The number of rotatable bonds is 8. The first kappa shape index (κ1) is 15.0. The van der Waals surface area contributed by atoms with Crippen LogP contribution in [0, 0.1) is 5.92 Å². The molecule has 1 rings (SSSR count). The number of esters is 1. The van der Waals surface area contributed by atoms with Crippen LogP contribution < -0.4 is 10.6 Å². The molecule has 0 aliphatic heterocycles. The van der Waals surface area contributed by atoms with Crippen LogP contribution in [0.25, 0.3) is 0 Å². The summed E-state index contributed by atoms with van der Waals surface area (Å²) in [5.74, 6) is -0.134. The number of hydrogen-bond acceptors (Lipinski definition) is 4. The van der Waals surface area contributed by atoms with Crippen LogP contribution in [-0.2, 0) is 14.3 Å². The topological polar surface area (TPSA) is 67.4 Å². The van der Waals surface area contributed by atoms with Gasteiger partial charge in [0.15, 0.2) is 0 Å². The first-order chi connectivity index (χ1) is 8.52. The molecule has 0 heterocycles. The van der Waals surface area contributed by atoms with Gasteiger partial charge in [-0.25, -0.2) is 4.79 Å². The fourth-order valence-corrected chi connectivity index (χ4v) is 1.77. The normalized spacial score (nSPS) is 16.4. The third-order valence-corrected chi connectivity index (χ3v) is 2.89. The van der Waals surface area contributed by atoms with Crippen molar-refractivity contribution in [3.63, 3.8) is 0 Å². The SMILES string of the molecule is COC(=O)C(CC(C)C)NC(=O)CCNC1CC1. The number of carbonyl (C=O) groups excluding carboxylic acids is 2. The Hall–Kier alpha value is -1.10. The molecule has 0 spiro atoms. The van der Waals surface area contributed by atoms with Gasteiger partial charge in [-0.3, -0.25) is 4.79 Å². The van der Waals surface area contributed by atoms with Crippen molar-refractivity contribution >= 4 is 11.9 Å². The molecule has 0 aromatic carbocycles. The Balaban J connectivity index is 2.28. The predicted molar refractivity (Wildman–Crippen MR) is 69.0 cm³/mol. The first-order valence-corrected chi connectivity index (χ1v) is 6.63. The standard InChI is InChI=1S/C13H24N2O3/c1-9(2)8-11(13(17)18-3)15-12(16)6-7-14-10-4-5-10/h9-11,14H,4-8H2,1-3H3,(H,15,16). The van der Waals surface area contributed by atoms with E-state index in [1.54, 1.807) is 0 Å². The molecule has 1 aliphatic carbocycles. The van der Waals surface area contributed by atoms with E-state index in [0.717, 1.165) is 0 Å². The van der Waals surface area contributed by atoms with Crippen LogP contribution in [0.4, 0.5) is 0 Å². The fraction of sp³-hybridized carbons (Fsp3) is 0.846. The highest BCUT2D eigenvalue weighted by atomic mass is 16.5. The number of hydrogen-bond donors (Lipinski definition) is 2. The molecule has 5 nitrogen and oxygen atoms in total. The van der Waals surface area contributed by atoms with Crippen molar-refractivity contribution < 1.29 is 14.3 Å². The zero-order valence-corrected chi connectivity index (χ0v) is 11.5. The minimum absolute atomic E-state index is 0.0980. The Bertz CT molecular complexity index is 288. The molecule has 1 atom stereocenters. The Kier molecular flexibility index (Phi) is 6.12. The molecule has 18 heavy (non-hydrogen) atoms. The van der Waals surface area contributed by atoms with E-state index in [1.165, 1.54) is 20.0 Å². The van der Waals surface area contributed by atoms with Gasteiger partial charge < -0.3 is 15.4 Å². The van der Waals surface area contributed by atoms with Crippen LogP contribution >= 0.6 is 0 Å². The molecule has 0 aromatic heterocycles. The lowest BCUT2D eigenvalue weighted by atomic mass is 10.0. The molecular weight excluding hydrogens is 232 g/mol. The molecule has 1 amide bonds. The van der Waals surface area contributed by atoms with E-state index in [2.05, 4.69) is 10.6 Å². The van der Waals surface area contributed by atoms with Crippen LogP contribution in [0.1, 0.15) is 39.5 Å². The summed E-state index contributed by atoms with van der Waals surface area (Å²) in [4.78, 5) is 23.2. The van der Waals surface area contributed by atoms with E-state index < -0.39 is 6.04 Å². The fourth-order valence-electron chi connectivity index (χ4n) is 1.77. The van der Waals surface area contributed by atoms with Crippen molar-refractivity contribution in [3.8, 4) is 0 Å². The molecule has 0 aromatic rings. The summed E-state index contributed by atoms with van der Waals surface area (Å²) in [6.07, 6.45) is 3.43. The van der Waals surface area contributed by atoms with E-state index in [-0.39, 0.29) is 11.9 Å². The van der Waals surface area contributed by atoms with Gasteiger partial charge in [0.2, 0.25) is 5.91 Å². The lowest BCUT2D eigenvalue weighted by Crippen LogP contribution is -2.43. The summed E-state index contributed by atoms with van der Waals surface area (Å²) >= 11 is 0. The zero-order valence-electron chi connectivity index (χ0n) is 11.5. The molecule has 0 bridgehead atoms. The number of carbonyl (C=O) groups is 2. The third kappa shape index (κ3) is 6.00. The van der Waals surface area contributed by atoms with E-state index >= 15 is 0 Å². The van der Waals surface area contributed by atoms with Gasteiger partial charge in [0, 0.05) is 19.0 Å². The molecule has 1 saturated carbocycles. The van der Waals surface area contributed by atoms with Gasteiger partial charge in [-0.15, -0.1) is 0 Å². The van der Waals surface area contributed by atoms with Crippen LogP contribution in [-0.4, -0.2) is 37.6 Å². The quantitative estimate of drug-likeness (QED) is 0.631. The van der Waals surface area contributed by atoms with Crippen molar-refractivity contribution in [1.82, 2.24) is 10.6 Å². The van der Waals surface area contributed by atoms with Crippen molar-refractivity contribution in [1.29, 1.82) is 0 Å². The van der Waals surface area contributed by atoms with Crippen molar-refractivity contribution in [2.24, 2.45) is 5.92 Å². The summed E-state index contributed by atoms with van der Waals surface area (Å²) in [7, 11) is 1.34. The highest BCUT2D eigenvalue weighted by Gasteiger charge is 2.23. The Labute approximate surface area is 109 Å². The molecule has 0 saturated heterocycles. The van der Waals surface area contributed by atoms with E-state index in [4.69, 9.17) is 4.74 Å². The highest BCUT2D eigenvalue weighted by molar-refractivity contribution is 5.84. The number of nitrogens with one attached hydrogen (secondary N) is 2. The van der Waals surface area contributed by atoms with E-state index in [0.29, 0.717) is 31.3 Å². The van der Waals surface area contributed by atoms with Gasteiger partial charge in [0.25, 0.3) is 0 Å². The molecule has 1 unspecified atom stereocenters. The molecule has 5 heteroatoms. The Morgan fingerprint density at radius 3 is 2.50 bits per heavy atom. The molecular formula is C13H24N2O3. The smallest absolute Gasteiger partial charge is 0.328 e. The summed E-state index contributed by atoms with van der Waals surface area (Å²) in [6.45, 7) is 4.69. The second-order valence-corrected chi connectivity index (χ2v) is 5.25. The third-order valence-electron chi connectivity index (χ3n) is 2.89. The van der Waals surface area contributed by atoms with Crippen molar-refractivity contribution in [2.45, 2.75) is 51.6 Å². The van der Waals surface area contributed by atoms with Gasteiger partial charge in [0.05, 0.1) is 7.11 Å². The van der Waals surface area contributed by atoms with Crippen molar-refractivity contribution in [3.05, 3.63) is 0 Å². The average Bonchev–Trinajstić information content (AvgIpc) is 3.10. The van der Waals surface area contributed by atoms with Crippen molar-refractivity contribution in [2.75, 3.05) is 13.7 Å². The second kappa shape index (κ2) is 7.36. The van der Waals surface area contributed by atoms with Gasteiger partial charge in [-0.05, 0) is 25.2 Å². The van der Waals surface area contributed by atoms with Crippen LogP contribution in [0.15, 0.2) is 0 Å². The molecule has 104 valence electrons. The molecule has 2 N–H and O–H groups in total. The zero-order chi connectivity index (χ0) is 13.5. The molecule has 1 fully saturated rings. The van der Waals surface area contributed by atoms with Gasteiger partial charge in [0.1, 0.15) is 6.04 Å². The first-order valence-electron chi connectivity index (χ1n) is 6.63. The lowest BCUT2D eigenvalue weighted by Gasteiger charge is -2.18. The summed E-state index contributed by atoms with van der Waals surface area (Å²) in [6, 6.07) is 0.0771. The summed E-state index contributed by atoms with van der Waals surface area (Å²) in [5.41, 5.74) is 0. The number of ether oxygens (including phenoxy) is 1. The average molecular weight is 256 g/mol. The minimum atomic E-state index is -0.525. The van der Waals surface area contributed by atoms with Crippen LogP contribution in [0.3, 0.4) is 0 Å². The van der Waals surface area contributed by atoms with Gasteiger partial charge in [-0.1, -0.05) is 13.8 Å². The van der Waals surface area contributed by atoms with Crippen LogP contribution in [0.2, 0.25) is 0 Å².